The highest BCUT2D eigenvalue weighted by Crippen LogP contribution is 2.05. The average Bonchev–Trinajstić information content (AvgIpc) is 2.45. The van der Waals surface area contributed by atoms with Crippen molar-refractivity contribution in [1.29, 1.82) is 0 Å². The molecule has 0 aliphatic heterocycles. The molecule has 130 valence electrons. The maximum atomic E-state index is 11.8. The van der Waals surface area contributed by atoms with E-state index in [9.17, 15) is 9.59 Å². The van der Waals surface area contributed by atoms with Gasteiger partial charge in [0.2, 0.25) is 11.8 Å². The minimum absolute atomic E-state index is 0.0159. The van der Waals surface area contributed by atoms with Gasteiger partial charge in [0.05, 0.1) is 0 Å². The van der Waals surface area contributed by atoms with Gasteiger partial charge in [-0.1, -0.05) is 52.4 Å². The second-order valence-electron chi connectivity index (χ2n) is 6.43. The molecule has 0 bridgehead atoms. The number of nitrogens with one attached hydrogen (secondary N) is 2. The van der Waals surface area contributed by atoms with E-state index >= 15 is 0 Å². The van der Waals surface area contributed by atoms with Crippen LogP contribution in [0.5, 0.6) is 0 Å². The van der Waals surface area contributed by atoms with Crippen LogP contribution in [0, 0.1) is 0 Å². The third kappa shape index (κ3) is 12.7. The molecule has 0 aromatic rings. The lowest BCUT2D eigenvalue weighted by molar-refractivity contribution is -0.127. The Labute approximate surface area is 136 Å². The standard InChI is InChI=1S/C18H36N2O2/c1-5-7-9-11-15(3)19-17(21)13-14-18(22)20-16(4)12-10-8-6-2/h15-16H,5-14H2,1-4H3,(H,19,21)(H,20,22)/t15-,16-/m0/s1. The number of carbonyl (C=O) groups excluding carboxylic acids is 2. The maximum Gasteiger partial charge on any atom is 0.220 e. The van der Waals surface area contributed by atoms with E-state index in [1.807, 2.05) is 13.8 Å². The lowest BCUT2D eigenvalue weighted by atomic mass is 10.1. The van der Waals surface area contributed by atoms with Gasteiger partial charge in [-0.25, -0.2) is 0 Å². The highest BCUT2D eigenvalue weighted by molar-refractivity contribution is 5.83. The van der Waals surface area contributed by atoms with E-state index in [0.717, 1.165) is 25.7 Å². The SMILES string of the molecule is CCCCC[C@H](C)NC(=O)CCC(=O)N[C@@H](C)CCCCC. The van der Waals surface area contributed by atoms with Gasteiger partial charge in [0.15, 0.2) is 0 Å². The number of unbranched alkanes of at least 4 members (excludes halogenated alkanes) is 4. The lowest BCUT2D eigenvalue weighted by Crippen LogP contribution is -2.35. The van der Waals surface area contributed by atoms with Crippen LogP contribution in [0.15, 0.2) is 0 Å². The fourth-order valence-electron chi connectivity index (χ4n) is 2.47. The number of rotatable bonds is 13. The molecule has 0 heterocycles. The highest BCUT2D eigenvalue weighted by Gasteiger charge is 2.11. The zero-order valence-electron chi connectivity index (χ0n) is 15.0. The van der Waals surface area contributed by atoms with Crippen molar-refractivity contribution < 1.29 is 9.59 Å². The van der Waals surface area contributed by atoms with Crippen LogP contribution in [-0.4, -0.2) is 23.9 Å². The Morgan fingerprint density at radius 3 is 1.41 bits per heavy atom. The Morgan fingerprint density at radius 2 is 1.09 bits per heavy atom. The second kappa shape index (κ2) is 13.6. The third-order valence-electron chi connectivity index (χ3n) is 3.88. The Kier molecular flexibility index (Phi) is 12.9. The van der Waals surface area contributed by atoms with Gasteiger partial charge in [0, 0.05) is 24.9 Å². The first-order valence-electron chi connectivity index (χ1n) is 9.08. The quantitative estimate of drug-likeness (QED) is 0.506. The molecule has 2 N–H and O–H groups in total. The predicted octanol–water partition coefficient (Wildman–Crippen LogP) is 3.94. The van der Waals surface area contributed by atoms with Crippen molar-refractivity contribution in [3.63, 3.8) is 0 Å². The zero-order valence-corrected chi connectivity index (χ0v) is 15.0. The van der Waals surface area contributed by atoms with E-state index in [1.54, 1.807) is 0 Å². The largest absolute Gasteiger partial charge is 0.354 e. The molecule has 0 aromatic heterocycles. The van der Waals surface area contributed by atoms with Crippen molar-refractivity contribution in [3.8, 4) is 0 Å². The van der Waals surface area contributed by atoms with Crippen molar-refractivity contribution in [1.82, 2.24) is 10.6 Å². The fraction of sp³-hybridized carbons (Fsp3) is 0.889. The summed E-state index contributed by atoms with van der Waals surface area (Å²) in [6.07, 6.45) is 9.69. The van der Waals surface area contributed by atoms with Gasteiger partial charge in [-0.15, -0.1) is 0 Å². The Bertz CT molecular complexity index is 275. The molecule has 0 radical (unpaired) electrons. The Morgan fingerprint density at radius 1 is 0.727 bits per heavy atom. The van der Waals surface area contributed by atoms with Gasteiger partial charge in [-0.3, -0.25) is 9.59 Å². The van der Waals surface area contributed by atoms with Crippen LogP contribution < -0.4 is 10.6 Å². The van der Waals surface area contributed by atoms with Gasteiger partial charge < -0.3 is 10.6 Å². The van der Waals surface area contributed by atoms with E-state index in [4.69, 9.17) is 0 Å². The van der Waals surface area contributed by atoms with E-state index < -0.39 is 0 Å². The van der Waals surface area contributed by atoms with Crippen LogP contribution in [-0.2, 0) is 9.59 Å². The highest BCUT2D eigenvalue weighted by atomic mass is 16.2. The van der Waals surface area contributed by atoms with E-state index in [1.165, 1.54) is 25.7 Å². The number of amides is 2. The smallest absolute Gasteiger partial charge is 0.220 e. The summed E-state index contributed by atoms with van der Waals surface area (Å²) < 4.78 is 0. The van der Waals surface area contributed by atoms with Gasteiger partial charge in [-0.2, -0.15) is 0 Å². The zero-order chi connectivity index (χ0) is 16.8. The Balaban J connectivity index is 3.73. The van der Waals surface area contributed by atoms with E-state index in [-0.39, 0.29) is 36.7 Å². The summed E-state index contributed by atoms with van der Waals surface area (Å²) in [5, 5.41) is 5.94. The van der Waals surface area contributed by atoms with Gasteiger partial charge in [-0.05, 0) is 26.7 Å². The van der Waals surface area contributed by atoms with Gasteiger partial charge in [0.1, 0.15) is 0 Å². The predicted molar refractivity (Wildman–Crippen MR) is 92.7 cm³/mol. The molecule has 2 atom stereocenters. The topological polar surface area (TPSA) is 58.2 Å². The molecule has 0 unspecified atom stereocenters. The van der Waals surface area contributed by atoms with Crippen LogP contribution in [0.25, 0.3) is 0 Å². The van der Waals surface area contributed by atoms with Crippen molar-refractivity contribution in [2.45, 2.75) is 104 Å². The Hall–Kier alpha value is -1.06. The van der Waals surface area contributed by atoms with Crippen LogP contribution in [0.3, 0.4) is 0 Å². The molecule has 0 rings (SSSR count). The van der Waals surface area contributed by atoms with E-state index in [2.05, 4.69) is 24.5 Å². The second-order valence-corrected chi connectivity index (χ2v) is 6.43. The first kappa shape index (κ1) is 20.9. The summed E-state index contributed by atoms with van der Waals surface area (Å²) in [5.74, 6) is -0.0319. The van der Waals surface area contributed by atoms with Crippen LogP contribution in [0.1, 0.15) is 91.9 Å². The number of carbonyl (C=O) groups is 2. The summed E-state index contributed by atoms with van der Waals surface area (Å²) in [6.45, 7) is 8.41. The first-order chi connectivity index (χ1) is 10.5. The van der Waals surface area contributed by atoms with Crippen molar-refractivity contribution in [3.05, 3.63) is 0 Å². The molecule has 4 heteroatoms. The van der Waals surface area contributed by atoms with Crippen LogP contribution in [0.4, 0.5) is 0 Å². The molecule has 4 nitrogen and oxygen atoms in total. The summed E-state index contributed by atoms with van der Waals surface area (Å²) in [4.78, 5) is 23.6. The first-order valence-corrected chi connectivity index (χ1v) is 9.08. The molecular formula is C18H36N2O2. The maximum absolute atomic E-state index is 11.8. The molecule has 0 fully saturated rings. The third-order valence-corrected chi connectivity index (χ3v) is 3.88. The van der Waals surface area contributed by atoms with Crippen LogP contribution in [0.2, 0.25) is 0 Å². The van der Waals surface area contributed by atoms with Gasteiger partial charge in [0.25, 0.3) is 0 Å². The molecule has 0 spiro atoms. The minimum Gasteiger partial charge on any atom is -0.354 e. The summed E-state index contributed by atoms with van der Waals surface area (Å²) in [7, 11) is 0. The van der Waals surface area contributed by atoms with Crippen molar-refractivity contribution in [2.24, 2.45) is 0 Å². The summed E-state index contributed by atoms with van der Waals surface area (Å²) in [6, 6.07) is 0.408. The average molecular weight is 312 g/mol. The normalized spacial score (nSPS) is 13.5. The lowest BCUT2D eigenvalue weighted by Gasteiger charge is -2.15. The molecule has 0 aromatic carbocycles. The van der Waals surface area contributed by atoms with Gasteiger partial charge >= 0.3 is 0 Å². The minimum atomic E-state index is -0.0159. The van der Waals surface area contributed by atoms with E-state index in [0.29, 0.717) is 0 Å². The molecule has 0 saturated heterocycles. The van der Waals surface area contributed by atoms with Crippen LogP contribution >= 0.6 is 0 Å². The summed E-state index contributed by atoms with van der Waals surface area (Å²) in [5.41, 5.74) is 0. The molecule has 22 heavy (non-hydrogen) atoms. The molecule has 0 aliphatic carbocycles. The molecule has 0 saturated carbocycles. The fourth-order valence-corrected chi connectivity index (χ4v) is 2.47. The number of hydrogen-bond acceptors (Lipinski definition) is 2. The van der Waals surface area contributed by atoms with Crippen molar-refractivity contribution in [2.75, 3.05) is 0 Å². The molecule has 0 aliphatic rings. The molecular weight excluding hydrogens is 276 g/mol. The monoisotopic (exact) mass is 312 g/mol. The molecule has 2 amide bonds. The number of hydrogen-bond donors (Lipinski definition) is 2. The summed E-state index contributed by atoms with van der Waals surface area (Å²) >= 11 is 0. The van der Waals surface area contributed by atoms with Crippen molar-refractivity contribution >= 4 is 11.8 Å².